The normalized spacial score (nSPS) is 14.8. The number of nitrogens with zero attached hydrogens (tertiary/aromatic N) is 7. The van der Waals surface area contributed by atoms with Crippen molar-refractivity contribution in [3.05, 3.63) is 43.1 Å². The summed E-state index contributed by atoms with van der Waals surface area (Å²) in [5.74, 6) is 1.76. The Kier molecular flexibility index (Phi) is 3.96. The van der Waals surface area contributed by atoms with Crippen molar-refractivity contribution in [3.63, 3.8) is 0 Å². The third-order valence-corrected chi connectivity index (χ3v) is 5.21. The molecule has 5 rings (SSSR count). The van der Waals surface area contributed by atoms with Gasteiger partial charge in [-0.1, -0.05) is 0 Å². The van der Waals surface area contributed by atoms with Crippen molar-refractivity contribution in [2.24, 2.45) is 0 Å². The van der Waals surface area contributed by atoms with Gasteiger partial charge in [0, 0.05) is 56.7 Å². The Hall–Kier alpha value is -3.42. The van der Waals surface area contributed by atoms with Crippen LogP contribution in [0, 0.1) is 0 Å². The van der Waals surface area contributed by atoms with Crippen LogP contribution in [0.1, 0.15) is 0 Å². The number of anilines is 3. The summed E-state index contributed by atoms with van der Waals surface area (Å²) in [6.07, 6.45) is 5.04. The molecule has 3 aromatic heterocycles. The van der Waals surface area contributed by atoms with Gasteiger partial charge in [0.15, 0.2) is 11.4 Å². The molecule has 0 radical (unpaired) electrons. The summed E-state index contributed by atoms with van der Waals surface area (Å²) >= 11 is 0. The highest BCUT2D eigenvalue weighted by Gasteiger charge is 2.22. The van der Waals surface area contributed by atoms with E-state index in [2.05, 4.69) is 48.2 Å². The Balaban J connectivity index is 1.40. The van der Waals surface area contributed by atoms with Crippen LogP contribution in [-0.4, -0.2) is 60.4 Å². The summed E-state index contributed by atoms with van der Waals surface area (Å²) in [6.45, 7) is 3.52. The maximum absolute atomic E-state index is 5.62. The second-order valence-electron chi connectivity index (χ2n) is 7.14. The molecule has 8 heteroatoms. The van der Waals surface area contributed by atoms with Gasteiger partial charge in [0.1, 0.15) is 12.1 Å². The molecule has 1 aliphatic heterocycles. The summed E-state index contributed by atoms with van der Waals surface area (Å²) in [5, 5.41) is 10.5. The third kappa shape index (κ3) is 2.77. The predicted molar refractivity (Wildman–Crippen MR) is 110 cm³/mol. The second-order valence-corrected chi connectivity index (χ2v) is 7.14. The smallest absolute Gasteiger partial charge is 0.195 e. The molecule has 0 N–H and O–H groups in total. The Labute approximate surface area is 162 Å². The molecule has 1 aromatic carbocycles. The lowest BCUT2D eigenvalue weighted by Gasteiger charge is -2.36. The van der Waals surface area contributed by atoms with Crippen LogP contribution in [0.5, 0.6) is 0 Å². The fourth-order valence-electron chi connectivity index (χ4n) is 3.76. The maximum atomic E-state index is 5.62. The summed E-state index contributed by atoms with van der Waals surface area (Å²) in [4.78, 5) is 15.5. The van der Waals surface area contributed by atoms with Gasteiger partial charge in [0.25, 0.3) is 0 Å². The van der Waals surface area contributed by atoms with Gasteiger partial charge < -0.3 is 19.1 Å². The molecule has 1 fully saturated rings. The minimum atomic E-state index is 0.807. The topological polar surface area (TPSA) is 74.4 Å². The lowest BCUT2D eigenvalue weighted by Crippen LogP contribution is -2.47. The Morgan fingerprint density at radius 3 is 2.64 bits per heavy atom. The standard InChI is InChI=1S/C20H21N7O/c1-25(2)19-16-11-15(3-4-17(16)21-13-22-19)26-6-8-27(9-7-26)20-18-14(5-10-28-18)12-23-24-20/h3-5,10-13H,6-9H2,1-2H3. The molecular weight excluding hydrogens is 354 g/mol. The first-order chi connectivity index (χ1) is 13.7. The monoisotopic (exact) mass is 375 g/mol. The van der Waals surface area contributed by atoms with E-state index < -0.39 is 0 Å². The van der Waals surface area contributed by atoms with Crippen LogP contribution < -0.4 is 14.7 Å². The fraction of sp³-hybridized carbons (Fsp3) is 0.300. The highest BCUT2D eigenvalue weighted by atomic mass is 16.3. The highest BCUT2D eigenvalue weighted by Crippen LogP contribution is 2.29. The molecule has 0 bridgehead atoms. The van der Waals surface area contributed by atoms with Crippen molar-refractivity contribution in [1.29, 1.82) is 0 Å². The molecule has 8 nitrogen and oxygen atoms in total. The van der Waals surface area contributed by atoms with Crippen molar-refractivity contribution in [1.82, 2.24) is 20.2 Å². The molecule has 0 spiro atoms. The van der Waals surface area contributed by atoms with E-state index in [0.717, 1.165) is 59.7 Å². The summed E-state index contributed by atoms with van der Waals surface area (Å²) < 4.78 is 5.62. The summed E-state index contributed by atoms with van der Waals surface area (Å²) in [6, 6.07) is 8.31. The van der Waals surface area contributed by atoms with Gasteiger partial charge in [0.05, 0.1) is 18.0 Å². The molecule has 0 unspecified atom stereocenters. The van der Waals surface area contributed by atoms with E-state index in [-0.39, 0.29) is 0 Å². The van der Waals surface area contributed by atoms with Crippen LogP contribution in [-0.2, 0) is 0 Å². The number of benzene rings is 1. The van der Waals surface area contributed by atoms with Crippen LogP contribution in [0.15, 0.2) is 47.5 Å². The number of piperazine rings is 1. The van der Waals surface area contributed by atoms with Gasteiger partial charge in [-0.05, 0) is 24.3 Å². The highest BCUT2D eigenvalue weighted by molar-refractivity contribution is 5.92. The van der Waals surface area contributed by atoms with Crippen LogP contribution >= 0.6 is 0 Å². The molecule has 4 heterocycles. The minimum Gasteiger partial charge on any atom is -0.460 e. The van der Waals surface area contributed by atoms with Gasteiger partial charge in [-0.25, -0.2) is 9.97 Å². The Bertz CT molecular complexity index is 1130. The number of hydrogen-bond acceptors (Lipinski definition) is 8. The molecule has 1 aliphatic rings. The third-order valence-electron chi connectivity index (χ3n) is 5.21. The predicted octanol–water partition coefficient (Wildman–Crippen LogP) is 2.56. The SMILES string of the molecule is CN(C)c1ncnc2ccc(N3CCN(c4nncc5ccoc45)CC3)cc12. The molecule has 0 amide bonds. The quantitative estimate of drug-likeness (QED) is 0.541. The maximum Gasteiger partial charge on any atom is 0.195 e. The molecule has 0 atom stereocenters. The molecule has 28 heavy (non-hydrogen) atoms. The van der Waals surface area contributed by atoms with E-state index in [9.17, 15) is 0 Å². The van der Waals surface area contributed by atoms with Crippen LogP contribution in [0.25, 0.3) is 21.9 Å². The van der Waals surface area contributed by atoms with E-state index in [1.807, 2.05) is 25.1 Å². The van der Waals surface area contributed by atoms with E-state index in [4.69, 9.17) is 4.42 Å². The largest absolute Gasteiger partial charge is 0.460 e. The van der Waals surface area contributed by atoms with Gasteiger partial charge in [-0.3, -0.25) is 0 Å². The summed E-state index contributed by atoms with van der Waals surface area (Å²) in [5.41, 5.74) is 2.95. The lowest BCUT2D eigenvalue weighted by molar-refractivity contribution is 0.599. The molecule has 0 saturated carbocycles. The van der Waals surface area contributed by atoms with Crippen LogP contribution in [0.2, 0.25) is 0 Å². The van der Waals surface area contributed by atoms with Crippen molar-refractivity contribution >= 4 is 39.2 Å². The molecule has 0 aliphatic carbocycles. The number of hydrogen-bond donors (Lipinski definition) is 0. The minimum absolute atomic E-state index is 0.807. The fourth-order valence-corrected chi connectivity index (χ4v) is 3.76. The number of aromatic nitrogens is 4. The number of fused-ring (bicyclic) bond motifs is 2. The molecule has 142 valence electrons. The number of furan rings is 1. The van der Waals surface area contributed by atoms with Crippen molar-refractivity contribution in [3.8, 4) is 0 Å². The van der Waals surface area contributed by atoms with Gasteiger partial charge >= 0.3 is 0 Å². The molecule has 1 saturated heterocycles. The zero-order valence-corrected chi connectivity index (χ0v) is 15.9. The van der Waals surface area contributed by atoms with E-state index in [1.165, 1.54) is 5.69 Å². The summed E-state index contributed by atoms with van der Waals surface area (Å²) in [7, 11) is 4.01. The van der Waals surface area contributed by atoms with E-state index >= 15 is 0 Å². The first kappa shape index (κ1) is 16.7. The van der Waals surface area contributed by atoms with Crippen LogP contribution in [0.3, 0.4) is 0 Å². The lowest BCUT2D eigenvalue weighted by atomic mass is 10.1. The first-order valence-electron chi connectivity index (χ1n) is 9.31. The second kappa shape index (κ2) is 6.63. The average molecular weight is 375 g/mol. The van der Waals surface area contributed by atoms with Crippen molar-refractivity contribution in [2.45, 2.75) is 0 Å². The Morgan fingerprint density at radius 2 is 1.82 bits per heavy atom. The zero-order chi connectivity index (χ0) is 19.1. The number of rotatable bonds is 3. The average Bonchev–Trinajstić information content (AvgIpc) is 3.22. The van der Waals surface area contributed by atoms with Crippen molar-refractivity contribution < 1.29 is 4.42 Å². The van der Waals surface area contributed by atoms with E-state index in [1.54, 1.807) is 18.8 Å². The van der Waals surface area contributed by atoms with Crippen molar-refractivity contribution in [2.75, 3.05) is 55.0 Å². The van der Waals surface area contributed by atoms with Crippen LogP contribution in [0.4, 0.5) is 17.3 Å². The van der Waals surface area contributed by atoms with Gasteiger partial charge in [-0.2, -0.15) is 5.10 Å². The Morgan fingerprint density at radius 1 is 1.00 bits per heavy atom. The van der Waals surface area contributed by atoms with Gasteiger partial charge in [0.2, 0.25) is 0 Å². The first-order valence-corrected chi connectivity index (χ1v) is 9.31. The zero-order valence-electron chi connectivity index (χ0n) is 15.9. The van der Waals surface area contributed by atoms with E-state index in [0.29, 0.717) is 0 Å². The molecule has 4 aromatic rings. The van der Waals surface area contributed by atoms with Gasteiger partial charge in [-0.15, -0.1) is 5.10 Å². The molecular formula is C20H21N7O.